The molecule has 1 rings (SSSR count). The quantitative estimate of drug-likeness (QED) is 0.678. The molecule has 21 heavy (non-hydrogen) atoms. The minimum Gasteiger partial charge on any atom is -0.446 e. The molecule has 0 atom stereocenters. The second-order valence-corrected chi connectivity index (χ2v) is 6.09. The SMILES string of the molecule is CC(C)(C)OC(=O)NC(C)(C)c1nocc1C(=O)OCCl. The number of rotatable bonds is 4. The number of esters is 1. The third-order valence-electron chi connectivity index (χ3n) is 2.38. The van der Waals surface area contributed by atoms with Crippen LogP contribution in [0.2, 0.25) is 0 Å². The van der Waals surface area contributed by atoms with Crippen LogP contribution < -0.4 is 5.32 Å². The fourth-order valence-corrected chi connectivity index (χ4v) is 1.68. The zero-order chi connectivity index (χ0) is 16.3. The number of hydrogen-bond acceptors (Lipinski definition) is 6. The van der Waals surface area contributed by atoms with Gasteiger partial charge >= 0.3 is 12.1 Å². The van der Waals surface area contributed by atoms with Crippen LogP contribution in [0, 0.1) is 0 Å². The predicted molar refractivity (Wildman–Crippen MR) is 75.0 cm³/mol. The number of halogens is 1. The molecule has 118 valence electrons. The van der Waals surface area contributed by atoms with Crippen molar-refractivity contribution in [3.63, 3.8) is 0 Å². The number of carbonyl (C=O) groups is 2. The normalized spacial score (nSPS) is 11.9. The van der Waals surface area contributed by atoms with Gasteiger partial charge in [0.2, 0.25) is 0 Å². The average Bonchev–Trinajstić information content (AvgIpc) is 2.74. The van der Waals surface area contributed by atoms with Crippen molar-refractivity contribution in [1.29, 1.82) is 0 Å². The lowest BCUT2D eigenvalue weighted by molar-refractivity contribution is 0.0458. The van der Waals surface area contributed by atoms with Gasteiger partial charge in [0, 0.05) is 0 Å². The molecular weight excluding hydrogens is 300 g/mol. The van der Waals surface area contributed by atoms with E-state index in [1.807, 2.05) is 0 Å². The van der Waals surface area contributed by atoms with Crippen molar-refractivity contribution in [2.24, 2.45) is 0 Å². The highest BCUT2D eigenvalue weighted by atomic mass is 35.5. The molecule has 0 unspecified atom stereocenters. The second kappa shape index (κ2) is 6.34. The molecule has 8 heteroatoms. The highest BCUT2D eigenvalue weighted by molar-refractivity contribution is 6.17. The zero-order valence-corrected chi connectivity index (χ0v) is 13.4. The van der Waals surface area contributed by atoms with E-state index in [0.717, 1.165) is 6.26 Å². The largest absolute Gasteiger partial charge is 0.446 e. The molecule has 1 aromatic rings. The van der Waals surface area contributed by atoms with E-state index in [1.54, 1.807) is 34.6 Å². The van der Waals surface area contributed by atoms with E-state index in [4.69, 9.17) is 25.6 Å². The summed E-state index contributed by atoms with van der Waals surface area (Å²) in [5.41, 5.74) is -1.31. The number of amides is 1. The predicted octanol–water partition coefficient (Wildman–Crippen LogP) is 2.79. The van der Waals surface area contributed by atoms with Crippen molar-refractivity contribution < 1.29 is 23.6 Å². The smallest absolute Gasteiger partial charge is 0.408 e. The van der Waals surface area contributed by atoms with Gasteiger partial charge in [-0.1, -0.05) is 16.8 Å². The van der Waals surface area contributed by atoms with Crippen LogP contribution in [0.3, 0.4) is 0 Å². The third-order valence-corrected chi connectivity index (χ3v) is 2.49. The molecule has 0 aliphatic carbocycles. The maximum Gasteiger partial charge on any atom is 0.408 e. The summed E-state index contributed by atoms with van der Waals surface area (Å²) in [4.78, 5) is 23.6. The molecule has 1 N–H and O–H groups in total. The van der Waals surface area contributed by atoms with Gasteiger partial charge in [-0.15, -0.1) is 0 Å². The highest BCUT2D eigenvalue weighted by Gasteiger charge is 2.33. The van der Waals surface area contributed by atoms with Crippen molar-refractivity contribution in [3.8, 4) is 0 Å². The Labute approximate surface area is 127 Å². The van der Waals surface area contributed by atoms with Gasteiger partial charge in [0.05, 0.1) is 5.54 Å². The fraction of sp³-hybridized carbons (Fsp3) is 0.615. The monoisotopic (exact) mass is 318 g/mol. The lowest BCUT2D eigenvalue weighted by Gasteiger charge is -2.27. The van der Waals surface area contributed by atoms with Gasteiger partial charge in [0.1, 0.15) is 23.1 Å². The summed E-state index contributed by atoms with van der Waals surface area (Å²) in [5, 5.41) is 6.38. The standard InChI is InChI=1S/C13H19ClN2O5/c1-12(2,3)21-11(18)15-13(4,5)9-8(6-20-16-9)10(17)19-7-14/h6H,7H2,1-5H3,(H,15,18). The number of ether oxygens (including phenoxy) is 2. The van der Waals surface area contributed by atoms with E-state index in [2.05, 4.69) is 10.5 Å². The van der Waals surface area contributed by atoms with E-state index >= 15 is 0 Å². The van der Waals surface area contributed by atoms with Crippen molar-refractivity contribution in [1.82, 2.24) is 10.5 Å². The number of carbonyl (C=O) groups excluding carboxylic acids is 2. The van der Waals surface area contributed by atoms with Gasteiger partial charge < -0.3 is 19.3 Å². The number of nitrogens with zero attached hydrogens (tertiary/aromatic N) is 1. The maximum absolute atomic E-state index is 11.8. The molecule has 0 aliphatic heterocycles. The second-order valence-electron chi connectivity index (χ2n) is 5.87. The average molecular weight is 319 g/mol. The molecule has 0 saturated heterocycles. The van der Waals surface area contributed by atoms with Crippen LogP contribution in [-0.2, 0) is 15.0 Å². The molecule has 0 saturated carbocycles. The van der Waals surface area contributed by atoms with Crippen LogP contribution in [-0.4, -0.2) is 28.9 Å². The van der Waals surface area contributed by atoms with Crippen LogP contribution in [0.25, 0.3) is 0 Å². The molecule has 0 spiro atoms. The van der Waals surface area contributed by atoms with Crippen molar-refractivity contribution in [2.45, 2.75) is 45.8 Å². The summed E-state index contributed by atoms with van der Waals surface area (Å²) in [7, 11) is 0. The number of alkyl halides is 1. The number of alkyl carbamates (subject to hydrolysis) is 1. The third kappa shape index (κ3) is 4.93. The van der Waals surface area contributed by atoms with Crippen molar-refractivity contribution >= 4 is 23.7 Å². The lowest BCUT2D eigenvalue weighted by atomic mass is 9.97. The Morgan fingerprint density at radius 2 is 1.95 bits per heavy atom. The van der Waals surface area contributed by atoms with E-state index in [9.17, 15) is 9.59 Å². The molecule has 1 amide bonds. The fourth-order valence-electron chi connectivity index (χ4n) is 1.58. The van der Waals surface area contributed by atoms with Gasteiger partial charge in [0.25, 0.3) is 0 Å². The van der Waals surface area contributed by atoms with Gasteiger partial charge in [0.15, 0.2) is 6.07 Å². The molecule has 7 nitrogen and oxygen atoms in total. The Hall–Kier alpha value is -1.76. The van der Waals surface area contributed by atoms with Crippen LogP contribution >= 0.6 is 11.6 Å². The van der Waals surface area contributed by atoms with Gasteiger partial charge in [-0.25, -0.2) is 9.59 Å². The van der Waals surface area contributed by atoms with Crippen LogP contribution in [0.5, 0.6) is 0 Å². The highest BCUT2D eigenvalue weighted by Crippen LogP contribution is 2.24. The van der Waals surface area contributed by atoms with Crippen LogP contribution in [0.1, 0.15) is 50.7 Å². The Kier molecular flexibility index (Phi) is 5.22. The van der Waals surface area contributed by atoms with Crippen molar-refractivity contribution in [2.75, 3.05) is 6.07 Å². The maximum atomic E-state index is 11.8. The summed E-state index contributed by atoms with van der Waals surface area (Å²) >= 11 is 5.35. The molecular formula is C13H19ClN2O5. The number of aromatic nitrogens is 1. The topological polar surface area (TPSA) is 90.7 Å². The lowest BCUT2D eigenvalue weighted by Crippen LogP contribution is -2.44. The molecule has 0 bridgehead atoms. The first-order valence-electron chi connectivity index (χ1n) is 6.26. The first-order chi connectivity index (χ1) is 9.57. The van der Waals surface area contributed by atoms with Gasteiger partial charge in [-0.3, -0.25) is 0 Å². The first-order valence-corrected chi connectivity index (χ1v) is 6.79. The van der Waals surface area contributed by atoms with E-state index in [-0.39, 0.29) is 17.3 Å². The van der Waals surface area contributed by atoms with E-state index in [1.165, 1.54) is 0 Å². The first kappa shape index (κ1) is 17.3. The summed E-state index contributed by atoms with van der Waals surface area (Å²) in [6.45, 7) is 8.56. The minimum atomic E-state index is -0.990. The summed E-state index contributed by atoms with van der Waals surface area (Å²) in [6, 6.07) is -0.288. The Bertz CT molecular complexity index is 519. The molecule has 0 radical (unpaired) electrons. The Morgan fingerprint density at radius 1 is 1.33 bits per heavy atom. The van der Waals surface area contributed by atoms with Crippen LogP contribution in [0.15, 0.2) is 10.8 Å². The van der Waals surface area contributed by atoms with Crippen LogP contribution in [0.4, 0.5) is 4.79 Å². The minimum absolute atomic E-state index is 0.0942. The van der Waals surface area contributed by atoms with E-state index < -0.39 is 23.2 Å². The number of hydrogen-bond donors (Lipinski definition) is 1. The van der Waals surface area contributed by atoms with Gasteiger partial charge in [-0.2, -0.15) is 0 Å². The molecule has 0 aromatic carbocycles. The summed E-state index contributed by atoms with van der Waals surface area (Å²) < 4.78 is 14.7. The molecule has 0 aliphatic rings. The Morgan fingerprint density at radius 3 is 2.48 bits per heavy atom. The summed E-state index contributed by atoms with van der Waals surface area (Å²) in [5.74, 6) is -0.680. The summed E-state index contributed by atoms with van der Waals surface area (Å²) in [6.07, 6.45) is 0.509. The molecule has 1 aromatic heterocycles. The van der Waals surface area contributed by atoms with Gasteiger partial charge in [-0.05, 0) is 34.6 Å². The molecule has 1 heterocycles. The number of nitrogens with one attached hydrogen (secondary N) is 1. The zero-order valence-electron chi connectivity index (χ0n) is 12.7. The van der Waals surface area contributed by atoms with Crippen molar-refractivity contribution in [3.05, 3.63) is 17.5 Å². The Balaban J connectivity index is 2.91. The van der Waals surface area contributed by atoms with E-state index in [0.29, 0.717) is 0 Å². The molecule has 0 fully saturated rings.